The van der Waals surface area contributed by atoms with Crippen LogP contribution in [0, 0.1) is 23.7 Å². The molecule has 7 nitrogen and oxygen atoms in total. The third kappa shape index (κ3) is 3.41. The molecule has 1 aromatic rings. The summed E-state index contributed by atoms with van der Waals surface area (Å²) in [7, 11) is 1.38. The van der Waals surface area contributed by atoms with Crippen molar-refractivity contribution in [1.82, 2.24) is 0 Å². The van der Waals surface area contributed by atoms with Crippen LogP contribution in [0.5, 0.6) is 0 Å². The lowest BCUT2D eigenvalue weighted by molar-refractivity contribution is -0.578. The lowest BCUT2D eigenvalue weighted by Gasteiger charge is -2.60. The van der Waals surface area contributed by atoms with E-state index in [2.05, 4.69) is 13.8 Å². The van der Waals surface area contributed by atoms with E-state index in [0.29, 0.717) is 17.4 Å². The van der Waals surface area contributed by atoms with E-state index >= 15 is 0 Å². The minimum Gasteiger partial charge on any atom is -0.465 e. The van der Waals surface area contributed by atoms with Crippen molar-refractivity contribution in [2.24, 2.45) is 23.7 Å². The highest BCUT2D eigenvalue weighted by molar-refractivity contribution is 5.89. The first kappa shape index (κ1) is 22.3. The number of hydrogen-bond acceptors (Lipinski definition) is 7. The predicted octanol–water partition coefficient (Wildman–Crippen LogP) is 4.76. The highest BCUT2D eigenvalue weighted by Crippen LogP contribution is 2.60. The fourth-order valence-corrected chi connectivity index (χ4v) is 6.32. The summed E-state index contributed by atoms with van der Waals surface area (Å²) in [5.41, 5.74) is 0.903. The van der Waals surface area contributed by atoms with Crippen LogP contribution in [0.3, 0.4) is 0 Å². The number of rotatable bonds is 4. The number of ether oxygens (including phenoxy) is 4. The molecule has 2 bridgehead atoms. The molecule has 32 heavy (non-hydrogen) atoms. The van der Waals surface area contributed by atoms with Gasteiger partial charge in [-0.1, -0.05) is 26.0 Å². The third-order valence-corrected chi connectivity index (χ3v) is 8.24. The number of hydrogen-bond donors (Lipinski definition) is 0. The summed E-state index contributed by atoms with van der Waals surface area (Å²) < 4.78 is 24.1. The topological polar surface area (TPSA) is 72.5 Å². The summed E-state index contributed by atoms with van der Waals surface area (Å²) in [5, 5.41) is 0. The monoisotopic (exact) mass is 446 g/mol. The van der Waals surface area contributed by atoms with Crippen LogP contribution in [-0.2, 0) is 28.7 Å². The van der Waals surface area contributed by atoms with Gasteiger partial charge in [0, 0.05) is 18.3 Å². The fraction of sp³-hybridized carbons (Fsp3) is 0.720. The second-order valence-electron chi connectivity index (χ2n) is 10.2. The Kier molecular flexibility index (Phi) is 5.62. The van der Waals surface area contributed by atoms with Crippen molar-refractivity contribution in [3.63, 3.8) is 0 Å². The molecular weight excluding hydrogens is 412 g/mol. The molecule has 0 aromatic heterocycles. The van der Waals surface area contributed by atoms with Crippen molar-refractivity contribution in [2.75, 3.05) is 7.11 Å². The summed E-state index contributed by atoms with van der Waals surface area (Å²) in [5.74, 6) is 0.0655. The Morgan fingerprint density at radius 1 is 1.09 bits per heavy atom. The zero-order valence-corrected chi connectivity index (χ0v) is 19.5. The maximum atomic E-state index is 11.7. The number of carbonyl (C=O) groups excluding carboxylic acids is 1. The Hall–Kier alpha value is -1.51. The summed E-state index contributed by atoms with van der Waals surface area (Å²) in [6.07, 6.45) is 2.84. The normalized spacial score (nSPS) is 43.8. The van der Waals surface area contributed by atoms with Gasteiger partial charge in [-0.2, -0.15) is 0 Å². The molecule has 0 N–H and O–H groups in total. The van der Waals surface area contributed by atoms with Gasteiger partial charge in [0.05, 0.1) is 18.8 Å². The van der Waals surface area contributed by atoms with Gasteiger partial charge in [0.2, 0.25) is 5.79 Å². The van der Waals surface area contributed by atoms with Crippen molar-refractivity contribution in [1.29, 1.82) is 0 Å². The molecule has 6 rings (SSSR count). The Morgan fingerprint density at radius 3 is 2.56 bits per heavy atom. The molecular formula is C25H34O7. The van der Waals surface area contributed by atoms with Crippen molar-refractivity contribution in [3.05, 3.63) is 35.4 Å². The molecule has 5 fully saturated rings. The number of methoxy groups -OCH3 is 1. The van der Waals surface area contributed by atoms with Crippen LogP contribution in [0.25, 0.3) is 0 Å². The zero-order chi connectivity index (χ0) is 22.7. The van der Waals surface area contributed by atoms with E-state index in [1.807, 2.05) is 26.0 Å². The molecule has 1 saturated carbocycles. The second-order valence-corrected chi connectivity index (χ2v) is 10.2. The average Bonchev–Trinajstić information content (AvgIpc) is 3.02. The van der Waals surface area contributed by atoms with Gasteiger partial charge in [0.25, 0.3) is 0 Å². The van der Waals surface area contributed by atoms with E-state index in [1.54, 1.807) is 12.1 Å². The van der Waals surface area contributed by atoms with E-state index in [4.69, 9.17) is 28.7 Å². The summed E-state index contributed by atoms with van der Waals surface area (Å²) in [4.78, 5) is 23.8. The van der Waals surface area contributed by atoms with Gasteiger partial charge >= 0.3 is 5.97 Å². The SMILES string of the molecule is COC(=O)c1ccc([C@H](C)O[C@H]2O[C@@H]3O[C@@]4(C)CC[C@H]5[C@H](C)CCC([C@H]2C)[C@@]35OO4)cc1. The minimum absolute atomic E-state index is 0.118. The largest absolute Gasteiger partial charge is 0.465 e. The highest BCUT2D eigenvalue weighted by Gasteiger charge is 2.69. The molecule has 0 radical (unpaired) electrons. The zero-order valence-electron chi connectivity index (χ0n) is 19.5. The lowest BCUT2D eigenvalue weighted by Crippen LogP contribution is -2.70. The Labute approximate surface area is 189 Å². The molecule has 4 heterocycles. The van der Waals surface area contributed by atoms with Crippen molar-refractivity contribution in [2.45, 2.75) is 83.5 Å². The van der Waals surface area contributed by atoms with E-state index in [-0.39, 0.29) is 23.9 Å². The molecule has 1 aliphatic carbocycles. The van der Waals surface area contributed by atoms with Gasteiger partial charge in [0.15, 0.2) is 18.2 Å². The van der Waals surface area contributed by atoms with Crippen LogP contribution in [0.15, 0.2) is 24.3 Å². The molecule has 4 aliphatic heterocycles. The molecule has 176 valence electrons. The molecule has 1 aromatic carbocycles. The maximum Gasteiger partial charge on any atom is 0.337 e. The Morgan fingerprint density at radius 2 is 1.84 bits per heavy atom. The highest BCUT2D eigenvalue weighted by atomic mass is 17.3. The summed E-state index contributed by atoms with van der Waals surface area (Å²) in [6.45, 7) is 8.42. The molecule has 5 aliphatic rings. The molecule has 1 unspecified atom stereocenters. The quantitative estimate of drug-likeness (QED) is 0.488. The van der Waals surface area contributed by atoms with Gasteiger partial charge in [-0.05, 0) is 62.6 Å². The van der Waals surface area contributed by atoms with Gasteiger partial charge < -0.3 is 18.9 Å². The van der Waals surface area contributed by atoms with Crippen LogP contribution < -0.4 is 0 Å². The maximum absolute atomic E-state index is 11.7. The van der Waals surface area contributed by atoms with Crippen LogP contribution >= 0.6 is 0 Å². The smallest absolute Gasteiger partial charge is 0.337 e. The van der Waals surface area contributed by atoms with Crippen LogP contribution in [0.2, 0.25) is 0 Å². The Balaban J connectivity index is 1.38. The fourth-order valence-electron chi connectivity index (χ4n) is 6.32. The molecule has 4 saturated heterocycles. The molecule has 7 heteroatoms. The van der Waals surface area contributed by atoms with Crippen LogP contribution in [0.4, 0.5) is 0 Å². The Bertz CT molecular complexity index is 856. The number of carbonyl (C=O) groups is 1. The first-order chi connectivity index (χ1) is 15.3. The molecule has 0 amide bonds. The third-order valence-electron chi connectivity index (χ3n) is 8.24. The molecule has 9 atom stereocenters. The van der Waals surface area contributed by atoms with E-state index in [9.17, 15) is 4.79 Å². The second kappa shape index (κ2) is 8.06. The number of esters is 1. The van der Waals surface area contributed by atoms with Crippen LogP contribution in [0.1, 0.15) is 75.4 Å². The first-order valence-electron chi connectivity index (χ1n) is 11.8. The van der Waals surface area contributed by atoms with Crippen molar-refractivity contribution >= 4 is 5.97 Å². The predicted molar refractivity (Wildman–Crippen MR) is 114 cm³/mol. The van der Waals surface area contributed by atoms with Gasteiger partial charge in [-0.25, -0.2) is 14.6 Å². The van der Waals surface area contributed by atoms with Gasteiger partial charge in [-0.3, -0.25) is 0 Å². The number of fused-ring (bicyclic) bond motifs is 2. The number of benzene rings is 1. The van der Waals surface area contributed by atoms with Crippen molar-refractivity contribution in [3.8, 4) is 0 Å². The standard InChI is InChI=1S/C25H34O7/c1-14-6-11-20-15(2)22(28-16(3)17-7-9-18(10-8-17)21(26)27-5)29-23-25(20)19(14)12-13-24(4,30-23)31-32-25/h7-10,14-16,19-20,22-23H,6,11-13H2,1-5H3/t14-,15-,16+,19+,20?,22+,23-,24-,25-/m1/s1. The van der Waals surface area contributed by atoms with Crippen LogP contribution in [-0.4, -0.2) is 37.0 Å². The average molecular weight is 447 g/mol. The molecule has 1 spiro atoms. The first-order valence-corrected chi connectivity index (χ1v) is 11.8. The van der Waals surface area contributed by atoms with Gasteiger partial charge in [-0.15, -0.1) is 0 Å². The summed E-state index contributed by atoms with van der Waals surface area (Å²) >= 11 is 0. The van der Waals surface area contributed by atoms with E-state index < -0.39 is 24.0 Å². The van der Waals surface area contributed by atoms with E-state index in [0.717, 1.165) is 31.2 Å². The summed E-state index contributed by atoms with van der Waals surface area (Å²) in [6, 6.07) is 7.31. The minimum atomic E-state index is -0.794. The van der Waals surface area contributed by atoms with E-state index in [1.165, 1.54) is 7.11 Å². The lowest BCUT2D eigenvalue weighted by atomic mass is 9.58. The van der Waals surface area contributed by atoms with Gasteiger partial charge in [0.1, 0.15) is 0 Å². The van der Waals surface area contributed by atoms with Crippen molar-refractivity contribution < 1.29 is 33.5 Å².